The summed E-state index contributed by atoms with van der Waals surface area (Å²) in [7, 11) is 0. The number of hydrogen-bond acceptors (Lipinski definition) is 5. The Balaban J connectivity index is 1.88. The van der Waals surface area contributed by atoms with Crippen molar-refractivity contribution in [2.75, 3.05) is 11.5 Å². The van der Waals surface area contributed by atoms with Crippen molar-refractivity contribution in [3.8, 4) is 11.5 Å². The third kappa shape index (κ3) is 5.20. The number of phenolic OH excluding ortho intramolecular Hbond substituents is 1. The molecule has 37 heavy (non-hydrogen) atoms. The predicted octanol–water partition coefficient (Wildman–Crippen LogP) is 6.76. The topological polar surface area (TPSA) is 87.1 Å². The van der Waals surface area contributed by atoms with Crippen LogP contribution in [0, 0.1) is 0 Å². The average Bonchev–Trinajstić information content (AvgIpc) is 3.13. The first-order valence-corrected chi connectivity index (χ1v) is 12.5. The molecule has 4 rings (SSSR count). The number of ether oxygens (including phenoxy) is 1. The largest absolute Gasteiger partial charge is 0.507 e. The highest BCUT2D eigenvalue weighted by molar-refractivity contribution is 6.52. The molecular weight excluding hydrogens is 490 g/mol. The van der Waals surface area contributed by atoms with E-state index in [4.69, 9.17) is 16.3 Å². The quantitative estimate of drug-likeness (QED) is 0.213. The summed E-state index contributed by atoms with van der Waals surface area (Å²) in [6.07, 6.45) is 0.857. The highest BCUT2D eigenvalue weighted by Gasteiger charge is 2.47. The molecule has 7 heteroatoms. The summed E-state index contributed by atoms with van der Waals surface area (Å²) in [4.78, 5) is 27.9. The molecule has 0 aromatic heterocycles. The molecule has 1 amide bonds. The molecule has 1 unspecified atom stereocenters. The lowest BCUT2D eigenvalue weighted by molar-refractivity contribution is -0.132. The number of aromatic hydroxyl groups is 1. The zero-order valence-electron chi connectivity index (χ0n) is 21.3. The number of carbonyl (C=O) groups excluding carboxylic acids is 2. The number of nitrogens with zero attached hydrogens (tertiary/aromatic N) is 1. The van der Waals surface area contributed by atoms with Crippen molar-refractivity contribution in [3.05, 3.63) is 94.0 Å². The molecule has 3 aromatic rings. The van der Waals surface area contributed by atoms with Crippen LogP contribution in [-0.2, 0) is 15.0 Å². The number of Topliss-reactive ketones (excluding diaryl/α,β-unsaturated/α-hetero) is 1. The van der Waals surface area contributed by atoms with Crippen molar-refractivity contribution in [1.29, 1.82) is 0 Å². The number of ketones is 1. The highest BCUT2D eigenvalue weighted by Crippen LogP contribution is 2.45. The molecule has 0 radical (unpaired) electrons. The number of aliphatic hydroxyl groups is 1. The van der Waals surface area contributed by atoms with Gasteiger partial charge in [-0.3, -0.25) is 14.5 Å². The van der Waals surface area contributed by atoms with Crippen LogP contribution in [0.2, 0.25) is 5.02 Å². The Morgan fingerprint density at radius 1 is 1.00 bits per heavy atom. The Bertz CT molecular complexity index is 1350. The van der Waals surface area contributed by atoms with Crippen LogP contribution in [0.25, 0.3) is 5.76 Å². The van der Waals surface area contributed by atoms with Gasteiger partial charge in [0.15, 0.2) is 0 Å². The zero-order valence-corrected chi connectivity index (χ0v) is 22.0. The number of phenols is 1. The Morgan fingerprint density at radius 2 is 1.65 bits per heavy atom. The Morgan fingerprint density at radius 3 is 2.24 bits per heavy atom. The maximum absolute atomic E-state index is 13.4. The van der Waals surface area contributed by atoms with Crippen LogP contribution < -0.4 is 9.64 Å². The van der Waals surface area contributed by atoms with Gasteiger partial charge in [-0.05, 0) is 65.4 Å². The van der Waals surface area contributed by atoms with Gasteiger partial charge in [0.2, 0.25) is 0 Å². The van der Waals surface area contributed by atoms with Crippen LogP contribution >= 0.6 is 11.6 Å². The van der Waals surface area contributed by atoms with Gasteiger partial charge in [0.1, 0.15) is 17.3 Å². The summed E-state index contributed by atoms with van der Waals surface area (Å²) in [5, 5.41) is 22.2. The summed E-state index contributed by atoms with van der Waals surface area (Å²) < 4.78 is 5.61. The summed E-state index contributed by atoms with van der Waals surface area (Å²) in [5.74, 6) is -1.61. The van der Waals surface area contributed by atoms with Crippen LogP contribution in [0.3, 0.4) is 0 Å². The van der Waals surface area contributed by atoms with E-state index in [-0.39, 0.29) is 28.2 Å². The van der Waals surface area contributed by atoms with Crippen molar-refractivity contribution < 1.29 is 24.5 Å². The molecule has 1 aliphatic rings. The lowest BCUT2D eigenvalue weighted by atomic mass is 9.85. The van der Waals surface area contributed by atoms with E-state index in [1.165, 1.54) is 23.1 Å². The van der Waals surface area contributed by atoms with E-state index in [9.17, 15) is 19.8 Å². The van der Waals surface area contributed by atoms with Gasteiger partial charge in [-0.1, -0.05) is 63.6 Å². The molecular formula is C30H30ClNO5. The second-order valence-electron chi connectivity index (χ2n) is 10.0. The second kappa shape index (κ2) is 10.3. The monoisotopic (exact) mass is 519 g/mol. The third-order valence-corrected chi connectivity index (χ3v) is 6.57. The van der Waals surface area contributed by atoms with Crippen LogP contribution in [-0.4, -0.2) is 28.5 Å². The van der Waals surface area contributed by atoms with E-state index in [2.05, 4.69) is 20.8 Å². The smallest absolute Gasteiger partial charge is 0.300 e. The van der Waals surface area contributed by atoms with Crippen LogP contribution in [0.5, 0.6) is 11.5 Å². The first-order chi connectivity index (χ1) is 17.5. The number of anilines is 1. The molecule has 0 bridgehead atoms. The fourth-order valence-electron chi connectivity index (χ4n) is 4.34. The van der Waals surface area contributed by atoms with E-state index >= 15 is 0 Å². The Hall–Kier alpha value is -3.77. The summed E-state index contributed by atoms with van der Waals surface area (Å²) in [6.45, 7) is 8.83. The van der Waals surface area contributed by atoms with E-state index in [0.29, 0.717) is 28.5 Å². The minimum absolute atomic E-state index is 0.0740. The van der Waals surface area contributed by atoms with Gasteiger partial charge >= 0.3 is 0 Å². The van der Waals surface area contributed by atoms with Gasteiger partial charge < -0.3 is 14.9 Å². The molecule has 1 atom stereocenters. The van der Waals surface area contributed by atoms with Crippen molar-refractivity contribution in [3.63, 3.8) is 0 Å². The number of aliphatic hydroxyl groups excluding tert-OH is 1. The summed E-state index contributed by atoms with van der Waals surface area (Å²) >= 11 is 6.18. The Kier molecular flexibility index (Phi) is 7.32. The molecule has 1 heterocycles. The maximum atomic E-state index is 13.4. The molecule has 0 spiro atoms. The SMILES string of the molecule is CCCOc1ccc(/C(O)=C2\C(=O)C(=O)N(c3cc(Cl)ccc3O)C2c2ccc(C(C)(C)C)cc2)cc1. The number of benzene rings is 3. The molecule has 1 fully saturated rings. The van der Waals surface area contributed by atoms with Gasteiger partial charge in [0.25, 0.3) is 11.7 Å². The van der Waals surface area contributed by atoms with E-state index < -0.39 is 17.7 Å². The van der Waals surface area contributed by atoms with Gasteiger partial charge in [-0.25, -0.2) is 0 Å². The average molecular weight is 520 g/mol. The van der Waals surface area contributed by atoms with Crippen LogP contribution in [0.4, 0.5) is 5.69 Å². The predicted molar refractivity (Wildman–Crippen MR) is 145 cm³/mol. The molecule has 3 aromatic carbocycles. The molecule has 1 saturated heterocycles. The van der Waals surface area contributed by atoms with Crippen molar-refractivity contribution >= 4 is 34.7 Å². The lowest BCUT2D eigenvalue weighted by Gasteiger charge is -2.27. The van der Waals surface area contributed by atoms with Crippen molar-refractivity contribution in [2.45, 2.75) is 45.6 Å². The molecule has 1 aliphatic heterocycles. The first kappa shape index (κ1) is 26.3. The van der Waals surface area contributed by atoms with Crippen LogP contribution in [0.1, 0.15) is 56.8 Å². The number of amides is 1. The van der Waals surface area contributed by atoms with E-state index in [0.717, 1.165) is 12.0 Å². The summed E-state index contributed by atoms with van der Waals surface area (Å²) in [5.41, 5.74) is 1.95. The Labute approximate surface area is 221 Å². The molecule has 192 valence electrons. The van der Waals surface area contributed by atoms with E-state index in [1.807, 2.05) is 31.2 Å². The maximum Gasteiger partial charge on any atom is 0.300 e. The fraction of sp³-hybridized carbons (Fsp3) is 0.267. The fourth-order valence-corrected chi connectivity index (χ4v) is 4.50. The number of rotatable bonds is 6. The van der Waals surface area contributed by atoms with Crippen LogP contribution in [0.15, 0.2) is 72.3 Å². The lowest BCUT2D eigenvalue weighted by Crippen LogP contribution is -2.29. The first-order valence-electron chi connectivity index (χ1n) is 12.2. The normalized spacial score (nSPS) is 17.3. The van der Waals surface area contributed by atoms with Crippen molar-refractivity contribution in [2.24, 2.45) is 0 Å². The van der Waals surface area contributed by atoms with Gasteiger partial charge in [-0.2, -0.15) is 0 Å². The minimum atomic E-state index is -0.977. The molecule has 2 N–H and O–H groups in total. The highest BCUT2D eigenvalue weighted by atomic mass is 35.5. The summed E-state index contributed by atoms with van der Waals surface area (Å²) in [6, 6.07) is 17.6. The standard InChI is InChI=1S/C30H30ClNO5/c1-5-16-37-22-13-8-19(9-14-22)27(34)25-26(18-6-10-20(11-7-18)30(2,3)4)32(29(36)28(25)35)23-17-21(31)12-15-24(23)33/h6-15,17,26,33-34H,5,16H2,1-4H3/b27-25+. The molecule has 0 saturated carbocycles. The minimum Gasteiger partial charge on any atom is -0.507 e. The number of carbonyl (C=O) groups is 2. The number of halogens is 1. The van der Waals surface area contributed by atoms with Crippen molar-refractivity contribution in [1.82, 2.24) is 0 Å². The van der Waals surface area contributed by atoms with Gasteiger partial charge in [-0.15, -0.1) is 0 Å². The van der Waals surface area contributed by atoms with E-state index in [1.54, 1.807) is 24.3 Å². The zero-order chi connectivity index (χ0) is 26.9. The van der Waals surface area contributed by atoms with Gasteiger partial charge in [0, 0.05) is 10.6 Å². The second-order valence-corrected chi connectivity index (χ2v) is 10.5. The molecule has 0 aliphatic carbocycles. The number of hydrogen-bond donors (Lipinski definition) is 2. The third-order valence-electron chi connectivity index (χ3n) is 6.33. The van der Waals surface area contributed by atoms with Gasteiger partial charge in [0.05, 0.1) is 23.9 Å². The molecule has 6 nitrogen and oxygen atoms in total.